The summed E-state index contributed by atoms with van der Waals surface area (Å²) in [5.74, 6) is 0.258. The highest BCUT2D eigenvalue weighted by molar-refractivity contribution is 9.09. The van der Waals surface area contributed by atoms with Crippen molar-refractivity contribution in [2.24, 2.45) is 0 Å². The SMILES string of the molecule is O=C(Cc1ccccc1)N1CCCC1CBr. The number of likely N-dealkylation sites (tertiary alicyclic amines) is 1. The van der Waals surface area contributed by atoms with Gasteiger partial charge in [-0.2, -0.15) is 0 Å². The third-order valence-corrected chi connectivity index (χ3v) is 3.82. The van der Waals surface area contributed by atoms with Gasteiger partial charge < -0.3 is 4.90 Å². The van der Waals surface area contributed by atoms with Crippen LogP contribution in [-0.2, 0) is 11.2 Å². The summed E-state index contributed by atoms with van der Waals surface area (Å²) in [6, 6.07) is 10.4. The van der Waals surface area contributed by atoms with Gasteiger partial charge in [0, 0.05) is 17.9 Å². The molecule has 86 valence electrons. The Balaban J connectivity index is 1.98. The van der Waals surface area contributed by atoms with E-state index in [2.05, 4.69) is 15.9 Å². The molecule has 1 atom stereocenters. The van der Waals surface area contributed by atoms with Gasteiger partial charge in [0.2, 0.25) is 5.91 Å². The number of rotatable bonds is 3. The van der Waals surface area contributed by atoms with Crippen molar-refractivity contribution in [2.75, 3.05) is 11.9 Å². The normalized spacial score (nSPS) is 20.1. The Morgan fingerprint density at radius 3 is 2.81 bits per heavy atom. The Labute approximate surface area is 105 Å². The second kappa shape index (κ2) is 5.48. The van der Waals surface area contributed by atoms with E-state index in [1.54, 1.807) is 0 Å². The van der Waals surface area contributed by atoms with E-state index in [4.69, 9.17) is 0 Å². The summed E-state index contributed by atoms with van der Waals surface area (Å²) < 4.78 is 0. The molecule has 1 aliphatic heterocycles. The Hall–Kier alpha value is -0.830. The van der Waals surface area contributed by atoms with Crippen LogP contribution in [0.15, 0.2) is 30.3 Å². The number of benzene rings is 1. The maximum absolute atomic E-state index is 12.1. The highest BCUT2D eigenvalue weighted by Crippen LogP contribution is 2.20. The average Bonchev–Trinajstić information content (AvgIpc) is 2.78. The van der Waals surface area contributed by atoms with E-state index in [1.807, 2.05) is 35.2 Å². The molecule has 1 heterocycles. The summed E-state index contributed by atoms with van der Waals surface area (Å²) in [5, 5.41) is 0.896. The maximum Gasteiger partial charge on any atom is 0.227 e. The summed E-state index contributed by atoms with van der Waals surface area (Å²) >= 11 is 3.48. The number of hydrogen-bond acceptors (Lipinski definition) is 1. The summed E-state index contributed by atoms with van der Waals surface area (Å²) in [4.78, 5) is 14.1. The molecule has 0 N–H and O–H groups in total. The van der Waals surface area contributed by atoms with Crippen LogP contribution in [-0.4, -0.2) is 28.7 Å². The van der Waals surface area contributed by atoms with Crippen LogP contribution in [0.1, 0.15) is 18.4 Å². The van der Waals surface area contributed by atoms with Crippen molar-refractivity contribution in [2.45, 2.75) is 25.3 Å². The zero-order valence-corrected chi connectivity index (χ0v) is 10.8. The second-order valence-electron chi connectivity index (χ2n) is 4.20. The lowest BCUT2D eigenvalue weighted by molar-refractivity contribution is -0.130. The number of hydrogen-bond donors (Lipinski definition) is 0. The third kappa shape index (κ3) is 2.64. The van der Waals surface area contributed by atoms with E-state index < -0.39 is 0 Å². The lowest BCUT2D eigenvalue weighted by Gasteiger charge is -2.23. The monoisotopic (exact) mass is 281 g/mol. The number of carbonyl (C=O) groups is 1. The number of alkyl halides is 1. The molecule has 0 radical (unpaired) electrons. The topological polar surface area (TPSA) is 20.3 Å². The van der Waals surface area contributed by atoms with Gasteiger partial charge in [0.1, 0.15) is 0 Å². The molecule has 1 amide bonds. The molecule has 3 heteroatoms. The summed E-state index contributed by atoms with van der Waals surface area (Å²) in [5.41, 5.74) is 1.10. The Morgan fingerprint density at radius 2 is 2.12 bits per heavy atom. The van der Waals surface area contributed by atoms with Gasteiger partial charge in [-0.3, -0.25) is 4.79 Å². The molecule has 1 aliphatic rings. The molecule has 1 aromatic rings. The summed E-state index contributed by atoms with van der Waals surface area (Å²) in [7, 11) is 0. The van der Waals surface area contributed by atoms with E-state index in [0.29, 0.717) is 12.5 Å². The zero-order chi connectivity index (χ0) is 11.4. The Morgan fingerprint density at radius 1 is 1.38 bits per heavy atom. The van der Waals surface area contributed by atoms with Crippen molar-refractivity contribution in [3.05, 3.63) is 35.9 Å². The van der Waals surface area contributed by atoms with E-state index in [-0.39, 0.29) is 5.91 Å². The standard InChI is InChI=1S/C13H16BrNO/c14-10-12-7-4-8-15(12)13(16)9-11-5-2-1-3-6-11/h1-3,5-6,12H,4,7-10H2. The van der Waals surface area contributed by atoms with Crippen LogP contribution >= 0.6 is 15.9 Å². The Kier molecular flexibility index (Phi) is 3.99. The minimum atomic E-state index is 0.258. The van der Waals surface area contributed by atoms with E-state index in [1.165, 1.54) is 0 Å². The van der Waals surface area contributed by atoms with Crippen LogP contribution in [0, 0.1) is 0 Å². The van der Waals surface area contributed by atoms with Gasteiger partial charge in [-0.1, -0.05) is 46.3 Å². The largest absolute Gasteiger partial charge is 0.339 e. The predicted molar refractivity (Wildman–Crippen MR) is 68.7 cm³/mol. The van der Waals surface area contributed by atoms with Crippen LogP contribution in [0.4, 0.5) is 0 Å². The summed E-state index contributed by atoms with van der Waals surface area (Å²) in [6.45, 7) is 0.919. The van der Waals surface area contributed by atoms with Crippen molar-refractivity contribution < 1.29 is 4.79 Å². The molecular weight excluding hydrogens is 266 g/mol. The fourth-order valence-corrected chi connectivity index (χ4v) is 2.87. The first-order chi connectivity index (χ1) is 7.81. The fraction of sp³-hybridized carbons (Fsp3) is 0.462. The Bertz CT molecular complexity index is 352. The third-order valence-electron chi connectivity index (χ3n) is 3.07. The number of nitrogens with zero attached hydrogens (tertiary/aromatic N) is 1. The highest BCUT2D eigenvalue weighted by Gasteiger charge is 2.27. The van der Waals surface area contributed by atoms with Crippen molar-refractivity contribution in [3.63, 3.8) is 0 Å². The van der Waals surface area contributed by atoms with Crippen LogP contribution in [0.2, 0.25) is 0 Å². The predicted octanol–water partition coefficient (Wildman–Crippen LogP) is 2.62. The quantitative estimate of drug-likeness (QED) is 0.780. The number of carbonyl (C=O) groups excluding carboxylic acids is 1. The van der Waals surface area contributed by atoms with Gasteiger partial charge in [-0.25, -0.2) is 0 Å². The number of halogens is 1. The first-order valence-corrected chi connectivity index (χ1v) is 6.83. The summed E-state index contributed by atoms with van der Waals surface area (Å²) in [6.07, 6.45) is 2.80. The zero-order valence-electron chi connectivity index (χ0n) is 9.23. The first-order valence-electron chi connectivity index (χ1n) is 5.70. The molecule has 1 aromatic carbocycles. The minimum absolute atomic E-state index is 0.258. The van der Waals surface area contributed by atoms with Gasteiger partial charge in [-0.05, 0) is 18.4 Å². The smallest absolute Gasteiger partial charge is 0.227 e. The van der Waals surface area contributed by atoms with E-state index in [9.17, 15) is 4.79 Å². The van der Waals surface area contributed by atoms with Gasteiger partial charge >= 0.3 is 0 Å². The molecule has 0 bridgehead atoms. The molecule has 1 fully saturated rings. The molecule has 0 aromatic heterocycles. The number of amides is 1. The minimum Gasteiger partial charge on any atom is -0.339 e. The van der Waals surface area contributed by atoms with Gasteiger partial charge in [0.15, 0.2) is 0 Å². The molecule has 1 unspecified atom stereocenters. The molecular formula is C13H16BrNO. The molecule has 0 spiro atoms. The molecule has 1 saturated heterocycles. The van der Waals surface area contributed by atoms with Gasteiger partial charge in [0.25, 0.3) is 0 Å². The average molecular weight is 282 g/mol. The molecule has 0 saturated carbocycles. The van der Waals surface area contributed by atoms with Crippen LogP contribution in [0.5, 0.6) is 0 Å². The molecule has 2 rings (SSSR count). The first kappa shape index (κ1) is 11.6. The molecule has 0 aliphatic carbocycles. The lowest BCUT2D eigenvalue weighted by atomic mass is 10.1. The molecule has 16 heavy (non-hydrogen) atoms. The lowest BCUT2D eigenvalue weighted by Crippen LogP contribution is -2.37. The van der Waals surface area contributed by atoms with Crippen molar-refractivity contribution in [1.29, 1.82) is 0 Å². The fourth-order valence-electron chi connectivity index (χ4n) is 2.20. The van der Waals surface area contributed by atoms with Gasteiger partial charge in [0.05, 0.1) is 6.42 Å². The van der Waals surface area contributed by atoms with Crippen molar-refractivity contribution in [1.82, 2.24) is 4.90 Å². The van der Waals surface area contributed by atoms with Crippen molar-refractivity contribution >= 4 is 21.8 Å². The van der Waals surface area contributed by atoms with Crippen LogP contribution in [0.3, 0.4) is 0 Å². The van der Waals surface area contributed by atoms with E-state index in [0.717, 1.165) is 30.3 Å². The highest BCUT2D eigenvalue weighted by atomic mass is 79.9. The van der Waals surface area contributed by atoms with E-state index >= 15 is 0 Å². The van der Waals surface area contributed by atoms with Crippen molar-refractivity contribution in [3.8, 4) is 0 Å². The maximum atomic E-state index is 12.1. The van der Waals surface area contributed by atoms with Gasteiger partial charge in [-0.15, -0.1) is 0 Å². The second-order valence-corrected chi connectivity index (χ2v) is 4.85. The van der Waals surface area contributed by atoms with Crippen LogP contribution < -0.4 is 0 Å². The van der Waals surface area contributed by atoms with Crippen LogP contribution in [0.25, 0.3) is 0 Å². The molecule has 2 nitrogen and oxygen atoms in total.